The first-order chi connectivity index (χ1) is 18.5. The van der Waals surface area contributed by atoms with Gasteiger partial charge in [0.2, 0.25) is 0 Å². The van der Waals surface area contributed by atoms with Gasteiger partial charge in [0.05, 0.1) is 0 Å². The third kappa shape index (κ3) is 5.59. The molecule has 0 saturated carbocycles. The Labute approximate surface area is 250 Å². The third-order valence-corrected chi connectivity index (χ3v) is 9.41. The van der Waals surface area contributed by atoms with Gasteiger partial charge in [0, 0.05) is 8.95 Å². The number of benzene rings is 4. The molecule has 0 aliphatic heterocycles. The van der Waals surface area contributed by atoms with E-state index in [9.17, 15) is 5.11 Å². The first-order valence-corrected chi connectivity index (χ1v) is 15.2. The van der Waals surface area contributed by atoms with Crippen LogP contribution in [0.25, 0.3) is 5.57 Å². The van der Waals surface area contributed by atoms with Gasteiger partial charge in [-0.15, -0.1) is 0 Å². The lowest BCUT2D eigenvalue weighted by atomic mass is 9.65. The fourth-order valence-electron chi connectivity index (χ4n) is 6.02. The largest absolute Gasteiger partial charge is 0.380 e. The predicted octanol–water partition coefficient (Wildman–Crippen LogP) is 10.3. The van der Waals surface area contributed by atoms with Crippen molar-refractivity contribution in [3.8, 4) is 0 Å². The lowest BCUT2D eigenvalue weighted by molar-refractivity contribution is 0.0496. The average Bonchev–Trinajstić information content (AvgIpc) is 2.92. The highest BCUT2D eigenvalue weighted by molar-refractivity contribution is 9.10. The highest BCUT2D eigenvalue weighted by Crippen LogP contribution is 2.48. The molecule has 0 fully saturated rings. The van der Waals surface area contributed by atoms with Crippen LogP contribution in [0.5, 0.6) is 0 Å². The molecule has 0 amide bonds. The molecular weight excluding hydrogens is 608 g/mol. The monoisotopic (exact) mass is 642 g/mol. The van der Waals surface area contributed by atoms with E-state index in [4.69, 9.17) is 0 Å². The quantitative estimate of drug-likeness (QED) is 0.230. The summed E-state index contributed by atoms with van der Waals surface area (Å²) in [6, 6.07) is 33.6. The van der Waals surface area contributed by atoms with Gasteiger partial charge >= 0.3 is 0 Å². The summed E-state index contributed by atoms with van der Waals surface area (Å²) in [5.41, 5.74) is 8.17. The van der Waals surface area contributed by atoms with Gasteiger partial charge in [0.15, 0.2) is 0 Å². The van der Waals surface area contributed by atoms with Crippen molar-refractivity contribution in [2.75, 3.05) is 0 Å². The van der Waals surface area contributed by atoms with Crippen molar-refractivity contribution >= 4 is 37.4 Å². The maximum absolute atomic E-state index is 11.3. The summed E-state index contributed by atoms with van der Waals surface area (Å²) < 4.78 is 2.16. The number of fused-ring (bicyclic) bond motifs is 2. The van der Waals surface area contributed by atoms with Crippen LogP contribution in [0.3, 0.4) is 0 Å². The molecule has 0 radical (unpaired) electrons. The molecule has 200 valence electrons. The fourth-order valence-corrected chi connectivity index (χ4v) is 6.75. The lowest BCUT2D eigenvalue weighted by Gasteiger charge is -2.42. The first kappa shape index (κ1) is 28.1. The molecule has 1 atom stereocenters. The molecule has 1 unspecified atom stereocenters. The van der Waals surface area contributed by atoms with Gasteiger partial charge in [-0.05, 0) is 93.3 Å². The second kappa shape index (κ2) is 10.8. The van der Waals surface area contributed by atoms with Crippen LogP contribution in [0.15, 0.2) is 112 Å². The van der Waals surface area contributed by atoms with Crippen LogP contribution in [0.2, 0.25) is 0 Å². The number of hydrogen-bond acceptors (Lipinski definition) is 1. The van der Waals surface area contributed by atoms with Crippen molar-refractivity contribution in [2.24, 2.45) is 0 Å². The molecule has 2 aliphatic rings. The summed E-state index contributed by atoms with van der Waals surface area (Å²) in [6.07, 6.45) is 5.20. The second-order valence-electron chi connectivity index (χ2n) is 12.1. The van der Waals surface area contributed by atoms with Gasteiger partial charge in [0.1, 0.15) is 5.60 Å². The number of aliphatic hydroxyl groups is 1. The lowest BCUT2D eigenvalue weighted by Crippen LogP contribution is -2.38. The van der Waals surface area contributed by atoms with Gasteiger partial charge in [-0.3, -0.25) is 0 Å². The summed E-state index contributed by atoms with van der Waals surface area (Å²) in [6.45, 7) is 9.14. The molecular formula is C36H36Br2O. The van der Waals surface area contributed by atoms with Gasteiger partial charge < -0.3 is 5.11 Å². The average molecular weight is 644 g/mol. The Kier molecular flexibility index (Phi) is 7.81. The Morgan fingerprint density at radius 3 is 1.87 bits per heavy atom. The van der Waals surface area contributed by atoms with Gasteiger partial charge in [0.25, 0.3) is 0 Å². The minimum Gasteiger partial charge on any atom is -0.380 e. The van der Waals surface area contributed by atoms with E-state index >= 15 is 0 Å². The maximum atomic E-state index is 11.3. The topological polar surface area (TPSA) is 20.2 Å². The van der Waals surface area contributed by atoms with Gasteiger partial charge in [-0.1, -0.05) is 138 Å². The van der Waals surface area contributed by atoms with Crippen molar-refractivity contribution in [1.82, 2.24) is 0 Å². The van der Waals surface area contributed by atoms with Crippen LogP contribution >= 0.6 is 31.9 Å². The third-order valence-electron chi connectivity index (χ3n) is 8.42. The van der Waals surface area contributed by atoms with E-state index in [0.29, 0.717) is 0 Å². The number of allylic oxidation sites excluding steroid dienone is 1. The molecule has 0 spiro atoms. The first-order valence-electron chi connectivity index (χ1n) is 13.7. The van der Waals surface area contributed by atoms with Crippen molar-refractivity contribution in [3.05, 3.63) is 145 Å². The van der Waals surface area contributed by atoms with Crippen LogP contribution in [0.4, 0.5) is 0 Å². The Balaban J connectivity index is 0.000000158. The summed E-state index contributed by atoms with van der Waals surface area (Å²) in [5.74, 6) is 0. The summed E-state index contributed by atoms with van der Waals surface area (Å²) in [4.78, 5) is 0. The summed E-state index contributed by atoms with van der Waals surface area (Å²) in [5, 5.41) is 11.3. The highest BCUT2D eigenvalue weighted by atomic mass is 79.9. The highest BCUT2D eigenvalue weighted by Gasteiger charge is 2.42. The molecule has 6 rings (SSSR count). The van der Waals surface area contributed by atoms with Crippen molar-refractivity contribution in [2.45, 2.75) is 63.4 Å². The molecule has 1 N–H and O–H groups in total. The van der Waals surface area contributed by atoms with E-state index in [0.717, 1.165) is 39.3 Å². The van der Waals surface area contributed by atoms with E-state index in [1.54, 1.807) is 0 Å². The molecule has 0 saturated heterocycles. The fraction of sp³-hybridized carbons (Fsp3) is 0.278. The zero-order chi connectivity index (χ0) is 27.8. The van der Waals surface area contributed by atoms with E-state index in [1.165, 1.54) is 27.8 Å². The Morgan fingerprint density at radius 2 is 1.21 bits per heavy atom. The number of halogens is 2. The molecule has 4 aromatic rings. The minimum atomic E-state index is -0.879. The Bertz CT molecular complexity index is 1500. The van der Waals surface area contributed by atoms with Crippen LogP contribution in [0, 0.1) is 0 Å². The Morgan fingerprint density at radius 1 is 0.615 bits per heavy atom. The predicted molar refractivity (Wildman–Crippen MR) is 171 cm³/mol. The SMILES string of the molecule is CC1(C)CC=C(c2ccccc2)c2cc(Br)ccc21.CC1(C)CCC(O)(c2ccccc2)c2cc(Br)ccc21. The smallest absolute Gasteiger partial charge is 0.115 e. The minimum absolute atomic E-state index is 0.108. The number of rotatable bonds is 2. The molecule has 0 aromatic heterocycles. The standard InChI is InChI=1S/C18H19BrO.C18H17Br/c1-17(2)10-11-18(20,13-6-4-3-5-7-13)16-12-14(19)8-9-15(16)17;1-18(2)11-10-15(13-6-4-3-5-7-13)16-12-14(19)8-9-17(16)18/h3-9,12,20H,10-11H2,1-2H3;3-10,12H,11H2,1-2H3. The van der Waals surface area contributed by atoms with Crippen molar-refractivity contribution in [3.63, 3.8) is 0 Å². The van der Waals surface area contributed by atoms with Gasteiger partial charge in [-0.2, -0.15) is 0 Å². The van der Waals surface area contributed by atoms with Crippen LogP contribution in [0.1, 0.15) is 80.3 Å². The van der Waals surface area contributed by atoms with Crippen molar-refractivity contribution < 1.29 is 5.11 Å². The van der Waals surface area contributed by atoms with Gasteiger partial charge in [-0.25, -0.2) is 0 Å². The molecule has 0 heterocycles. The van der Waals surface area contributed by atoms with E-state index in [-0.39, 0.29) is 10.8 Å². The molecule has 39 heavy (non-hydrogen) atoms. The zero-order valence-corrected chi connectivity index (χ0v) is 26.3. The van der Waals surface area contributed by atoms with Crippen LogP contribution in [-0.4, -0.2) is 5.11 Å². The number of hydrogen-bond donors (Lipinski definition) is 1. The van der Waals surface area contributed by atoms with Crippen LogP contribution < -0.4 is 0 Å². The molecule has 1 nitrogen and oxygen atoms in total. The van der Waals surface area contributed by atoms with Crippen molar-refractivity contribution in [1.29, 1.82) is 0 Å². The summed E-state index contributed by atoms with van der Waals surface area (Å²) in [7, 11) is 0. The molecule has 3 heteroatoms. The second-order valence-corrected chi connectivity index (χ2v) is 13.9. The molecule has 4 aromatic carbocycles. The molecule has 2 aliphatic carbocycles. The maximum Gasteiger partial charge on any atom is 0.115 e. The normalized spacial score (nSPS) is 20.5. The molecule has 0 bridgehead atoms. The van der Waals surface area contributed by atoms with E-state index in [2.05, 4.69) is 132 Å². The zero-order valence-electron chi connectivity index (χ0n) is 23.1. The van der Waals surface area contributed by atoms with E-state index in [1.807, 2.05) is 30.3 Å². The van der Waals surface area contributed by atoms with Crippen LogP contribution in [-0.2, 0) is 16.4 Å². The summed E-state index contributed by atoms with van der Waals surface area (Å²) >= 11 is 7.14. The Hall–Kier alpha value is -2.46. The van der Waals surface area contributed by atoms with E-state index < -0.39 is 5.60 Å².